The van der Waals surface area contributed by atoms with Gasteiger partial charge in [0.2, 0.25) is 0 Å². The molecule has 0 saturated carbocycles. The Morgan fingerprint density at radius 2 is 1.85 bits per heavy atom. The second-order valence-electron chi connectivity index (χ2n) is 6.87. The SMILES string of the molecule is Cn1c(N=Nc2ccc(N3CCCC(O)C3)cc2)[n+](C)c2ccccc21. The van der Waals surface area contributed by atoms with Crippen molar-refractivity contribution < 1.29 is 9.67 Å². The van der Waals surface area contributed by atoms with Crippen molar-refractivity contribution in [2.24, 2.45) is 24.3 Å². The molecule has 0 aliphatic carbocycles. The lowest BCUT2D eigenvalue weighted by Gasteiger charge is -2.31. The van der Waals surface area contributed by atoms with Crippen LogP contribution in [0.1, 0.15) is 12.8 Å². The number of azo groups is 1. The molecule has 0 spiro atoms. The van der Waals surface area contributed by atoms with Crippen molar-refractivity contribution in [2.75, 3.05) is 18.0 Å². The number of aromatic nitrogens is 2. The monoisotopic (exact) mass is 350 g/mol. The number of hydrogen-bond donors (Lipinski definition) is 1. The molecule has 0 bridgehead atoms. The molecule has 0 amide bonds. The average Bonchev–Trinajstić information content (AvgIpc) is 2.91. The van der Waals surface area contributed by atoms with Crippen LogP contribution < -0.4 is 9.47 Å². The van der Waals surface area contributed by atoms with E-state index in [1.165, 1.54) is 0 Å². The van der Waals surface area contributed by atoms with Gasteiger partial charge in [0, 0.05) is 23.9 Å². The van der Waals surface area contributed by atoms with E-state index in [1.54, 1.807) is 0 Å². The normalized spacial score (nSPS) is 18.1. The van der Waals surface area contributed by atoms with Crippen molar-refractivity contribution in [2.45, 2.75) is 18.9 Å². The van der Waals surface area contributed by atoms with Crippen LogP contribution in [0.2, 0.25) is 0 Å². The van der Waals surface area contributed by atoms with E-state index in [4.69, 9.17) is 0 Å². The third kappa shape index (κ3) is 3.08. The van der Waals surface area contributed by atoms with Crippen molar-refractivity contribution in [3.63, 3.8) is 0 Å². The van der Waals surface area contributed by atoms with Crippen LogP contribution in [0.5, 0.6) is 0 Å². The smallest absolute Gasteiger partial charge is 0.391 e. The number of para-hydroxylation sites is 2. The third-order valence-electron chi connectivity index (χ3n) is 5.07. The minimum atomic E-state index is -0.227. The van der Waals surface area contributed by atoms with E-state index < -0.39 is 0 Å². The summed E-state index contributed by atoms with van der Waals surface area (Å²) in [5.74, 6) is 0.800. The van der Waals surface area contributed by atoms with Gasteiger partial charge in [0.1, 0.15) is 16.7 Å². The fraction of sp³-hybridized carbons (Fsp3) is 0.350. The number of β-amino-alcohol motifs (C(OH)–C–C–N with tert-alkyl or cyclic N) is 1. The maximum atomic E-state index is 9.84. The lowest BCUT2D eigenvalue weighted by atomic mass is 10.1. The number of rotatable bonds is 3. The first-order chi connectivity index (χ1) is 12.6. The molecule has 1 saturated heterocycles. The summed E-state index contributed by atoms with van der Waals surface area (Å²) in [5.41, 5.74) is 4.19. The summed E-state index contributed by atoms with van der Waals surface area (Å²) >= 11 is 0. The minimum Gasteiger partial charge on any atom is -0.391 e. The Kier molecular flexibility index (Phi) is 4.42. The van der Waals surface area contributed by atoms with Gasteiger partial charge in [-0.25, -0.2) is 9.13 Å². The van der Waals surface area contributed by atoms with Gasteiger partial charge in [-0.05, 0) is 49.2 Å². The highest BCUT2D eigenvalue weighted by atomic mass is 16.3. The second-order valence-corrected chi connectivity index (χ2v) is 6.87. The molecule has 0 radical (unpaired) electrons. The summed E-state index contributed by atoms with van der Waals surface area (Å²) in [6, 6.07) is 16.3. The summed E-state index contributed by atoms with van der Waals surface area (Å²) < 4.78 is 4.09. The first-order valence-electron chi connectivity index (χ1n) is 9.02. The number of imidazole rings is 1. The number of aliphatic hydroxyl groups excluding tert-OH is 1. The highest BCUT2D eigenvalue weighted by molar-refractivity contribution is 5.73. The Hall–Kier alpha value is -2.73. The van der Waals surface area contributed by atoms with Crippen molar-refractivity contribution in [3.8, 4) is 0 Å². The van der Waals surface area contributed by atoms with E-state index in [1.807, 2.05) is 59.6 Å². The Labute approximate surface area is 153 Å². The molecule has 1 fully saturated rings. The molecule has 6 heteroatoms. The highest BCUT2D eigenvalue weighted by Crippen LogP contribution is 2.25. The number of nitrogens with zero attached hydrogens (tertiary/aromatic N) is 5. The summed E-state index contributed by atoms with van der Waals surface area (Å²) in [5, 5.41) is 18.7. The van der Waals surface area contributed by atoms with Crippen LogP contribution >= 0.6 is 0 Å². The predicted molar refractivity (Wildman–Crippen MR) is 102 cm³/mol. The number of aryl methyl sites for hydroxylation is 2. The van der Waals surface area contributed by atoms with E-state index in [0.717, 1.165) is 47.7 Å². The Balaban J connectivity index is 1.56. The molecule has 3 aromatic rings. The van der Waals surface area contributed by atoms with Gasteiger partial charge in [-0.2, -0.15) is 0 Å². The molecule has 1 N–H and O–H groups in total. The largest absolute Gasteiger partial charge is 0.422 e. The van der Waals surface area contributed by atoms with E-state index in [0.29, 0.717) is 6.54 Å². The lowest BCUT2D eigenvalue weighted by Crippen LogP contribution is -2.38. The van der Waals surface area contributed by atoms with Crippen LogP contribution in [-0.2, 0) is 14.1 Å². The second kappa shape index (κ2) is 6.88. The quantitative estimate of drug-likeness (QED) is 0.581. The fourth-order valence-corrected chi connectivity index (χ4v) is 3.63. The molecule has 134 valence electrons. The zero-order valence-electron chi connectivity index (χ0n) is 15.2. The summed E-state index contributed by atoms with van der Waals surface area (Å²) in [4.78, 5) is 2.22. The van der Waals surface area contributed by atoms with Crippen molar-refractivity contribution in [1.29, 1.82) is 0 Å². The summed E-state index contributed by atoms with van der Waals surface area (Å²) in [6.45, 7) is 1.69. The maximum Gasteiger partial charge on any atom is 0.422 e. The number of benzene rings is 2. The van der Waals surface area contributed by atoms with Crippen LogP contribution in [0.4, 0.5) is 17.3 Å². The predicted octanol–water partition coefficient (Wildman–Crippen LogP) is 3.38. The fourth-order valence-electron chi connectivity index (χ4n) is 3.63. The van der Waals surface area contributed by atoms with Crippen LogP contribution in [0.15, 0.2) is 58.8 Å². The summed E-state index contributed by atoms with van der Waals surface area (Å²) in [6.07, 6.45) is 1.69. The molecule has 1 aromatic heterocycles. The Bertz CT molecular complexity index is 906. The van der Waals surface area contributed by atoms with Gasteiger partial charge < -0.3 is 10.0 Å². The highest BCUT2D eigenvalue weighted by Gasteiger charge is 2.19. The van der Waals surface area contributed by atoms with Crippen LogP contribution in [0, 0.1) is 0 Å². The van der Waals surface area contributed by atoms with Crippen molar-refractivity contribution in [3.05, 3.63) is 48.5 Å². The zero-order valence-corrected chi connectivity index (χ0v) is 15.2. The van der Waals surface area contributed by atoms with Gasteiger partial charge in [-0.15, -0.1) is 0 Å². The summed E-state index contributed by atoms with van der Waals surface area (Å²) in [7, 11) is 4.00. The zero-order chi connectivity index (χ0) is 18.1. The van der Waals surface area contributed by atoms with Gasteiger partial charge in [-0.3, -0.25) is 0 Å². The van der Waals surface area contributed by atoms with Gasteiger partial charge >= 0.3 is 5.95 Å². The molecule has 26 heavy (non-hydrogen) atoms. The molecule has 1 aliphatic rings. The molecule has 1 unspecified atom stereocenters. The number of aliphatic hydroxyl groups is 1. The van der Waals surface area contributed by atoms with Gasteiger partial charge in [0.05, 0.1) is 20.2 Å². The molecule has 1 aliphatic heterocycles. The number of hydrogen-bond acceptors (Lipinski definition) is 4. The molecule has 2 aromatic carbocycles. The Morgan fingerprint density at radius 3 is 2.58 bits per heavy atom. The van der Waals surface area contributed by atoms with E-state index in [9.17, 15) is 5.11 Å². The first kappa shape index (κ1) is 16.7. The molecular formula is C20H24N5O+. The topological polar surface area (TPSA) is 57.0 Å². The van der Waals surface area contributed by atoms with Crippen LogP contribution in [-0.4, -0.2) is 28.9 Å². The molecule has 2 heterocycles. The average molecular weight is 350 g/mol. The number of piperidine rings is 1. The molecular weight excluding hydrogens is 326 g/mol. The Morgan fingerprint density at radius 1 is 1.08 bits per heavy atom. The van der Waals surface area contributed by atoms with E-state index >= 15 is 0 Å². The van der Waals surface area contributed by atoms with Crippen LogP contribution in [0.25, 0.3) is 11.0 Å². The van der Waals surface area contributed by atoms with Gasteiger partial charge in [-0.1, -0.05) is 17.2 Å². The molecule has 4 rings (SSSR count). The van der Waals surface area contributed by atoms with Crippen LogP contribution in [0.3, 0.4) is 0 Å². The van der Waals surface area contributed by atoms with Gasteiger partial charge in [0.25, 0.3) is 0 Å². The maximum absolute atomic E-state index is 9.84. The van der Waals surface area contributed by atoms with Crippen molar-refractivity contribution >= 4 is 28.4 Å². The van der Waals surface area contributed by atoms with E-state index in [2.05, 4.69) is 27.3 Å². The number of fused-ring (bicyclic) bond motifs is 1. The van der Waals surface area contributed by atoms with Crippen molar-refractivity contribution in [1.82, 2.24) is 4.57 Å². The van der Waals surface area contributed by atoms with E-state index in [-0.39, 0.29) is 6.10 Å². The number of anilines is 1. The molecule has 1 atom stereocenters. The minimum absolute atomic E-state index is 0.227. The standard InChI is InChI=1S/C20H24N5O/c1-23-18-7-3-4-8-19(18)24(2)20(23)22-21-15-9-11-16(12-10-15)25-13-5-6-17(26)14-25/h3-4,7-12,17,26H,5-6,13-14H2,1-2H3/q+1. The first-order valence-corrected chi connectivity index (χ1v) is 9.02. The molecule has 6 nitrogen and oxygen atoms in total. The van der Waals surface area contributed by atoms with Gasteiger partial charge in [0.15, 0.2) is 0 Å². The lowest BCUT2D eigenvalue weighted by molar-refractivity contribution is -0.632. The third-order valence-corrected chi connectivity index (χ3v) is 5.07.